The van der Waals surface area contributed by atoms with Gasteiger partial charge in [-0.15, -0.1) is 0 Å². The van der Waals surface area contributed by atoms with Crippen LogP contribution in [-0.4, -0.2) is 10.5 Å². The zero-order chi connectivity index (χ0) is 13.2. The summed E-state index contributed by atoms with van der Waals surface area (Å²) in [4.78, 5) is 22.9. The molecule has 1 aromatic rings. The maximum absolute atomic E-state index is 11.5. The molecule has 1 heterocycles. The van der Waals surface area contributed by atoms with Crippen molar-refractivity contribution >= 4 is 5.91 Å². The van der Waals surface area contributed by atoms with Crippen LogP contribution in [0.3, 0.4) is 0 Å². The predicted octanol–water partition coefficient (Wildman–Crippen LogP) is 1.68. The molecule has 1 saturated carbocycles. The lowest BCUT2D eigenvalue weighted by Crippen LogP contribution is -2.46. The van der Waals surface area contributed by atoms with E-state index in [1.807, 2.05) is 12.3 Å². The van der Waals surface area contributed by atoms with Crippen LogP contribution in [-0.2, 0) is 17.4 Å². The molecular formula is C14H20N2O2. The second-order valence-electron chi connectivity index (χ2n) is 5.19. The molecule has 0 radical (unpaired) electrons. The van der Waals surface area contributed by atoms with Gasteiger partial charge in [0.05, 0.1) is 5.54 Å². The monoisotopic (exact) mass is 248 g/mol. The molecule has 0 aromatic carbocycles. The van der Waals surface area contributed by atoms with Gasteiger partial charge in [0, 0.05) is 26.2 Å². The lowest BCUT2D eigenvalue weighted by Gasteiger charge is -2.38. The van der Waals surface area contributed by atoms with Crippen molar-refractivity contribution in [1.29, 1.82) is 0 Å². The van der Waals surface area contributed by atoms with Gasteiger partial charge in [0.1, 0.15) is 0 Å². The van der Waals surface area contributed by atoms with Crippen LogP contribution in [0.5, 0.6) is 0 Å². The summed E-state index contributed by atoms with van der Waals surface area (Å²) >= 11 is 0. The Morgan fingerprint density at radius 2 is 1.94 bits per heavy atom. The van der Waals surface area contributed by atoms with Gasteiger partial charge in [-0.3, -0.25) is 9.59 Å². The number of nitrogens with one attached hydrogen (secondary N) is 1. The molecule has 0 spiro atoms. The van der Waals surface area contributed by atoms with Crippen molar-refractivity contribution in [3.63, 3.8) is 0 Å². The molecule has 0 aliphatic heterocycles. The summed E-state index contributed by atoms with van der Waals surface area (Å²) < 4.78 is 1.58. The molecular weight excluding hydrogens is 228 g/mol. The summed E-state index contributed by atoms with van der Waals surface area (Å²) in [6.07, 6.45) is 7.19. The molecule has 1 N–H and O–H groups in total. The van der Waals surface area contributed by atoms with E-state index in [0.717, 1.165) is 31.2 Å². The van der Waals surface area contributed by atoms with Crippen molar-refractivity contribution in [3.8, 4) is 0 Å². The van der Waals surface area contributed by atoms with Gasteiger partial charge in [-0.25, -0.2) is 0 Å². The molecule has 1 fully saturated rings. The van der Waals surface area contributed by atoms with Crippen molar-refractivity contribution in [3.05, 3.63) is 34.2 Å². The maximum Gasteiger partial charge on any atom is 0.250 e. The van der Waals surface area contributed by atoms with Gasteiger partial charge < -0.3 is 9.88 Å². The Bertz CT molecular complexity index is 499. The van der Waals surface area contributed by atoms with Gasteiger partial charge in [0.25, 0.3) is 0 Å². The van der Waals surface area contributed by atoms with Gasteiger partial charge >= 0.3 is 0 Å². The highest BCUT2D eigenvalue weighted by Gasteiger charge is 2.34. The summed E-state index contributed by atoms with van der Waals surface area (Å²) in [5, 5.41) is 3.10. The molecule has 18 heavy (non-hydrogen) atoms. The normalized spacial score (nSPS) is 18.3. The number of amides is 1. The number of hydrogen-bond donors (Lipinski definition) is 1. The van der Waals surface area contributed by atoms with Crippen molar-refractivity contribution < 1.29 is 4.79 Å². The van der Waals surface area contributed by atoms with Crippen molar-refractivity contribution in [1.82, 2.24) is 9.88 Å². The number of carbonyl (C=O) groups excluding carboxylic acids is 1. The summed E-state index contributed by atoms with van der Waals surface area (Å²) in [6, 6.07) is 3.43. The molecule has 4 heteroatoms. The summed E-state index contributed by atoms with van der Waals surface area (Å²) in [7, 11) is 1.75. The number of pyridine rings is 1. The zero-order valence-corrected chi connectivity index (χ0v) is 11.0. The van der Waals surface area contributed by atoms with Crippen molar-refractivity contribution in [2.24, 2.45) is 7.05 Å². The quantitative estimate of drug-likeness (QED) is 0.865. The van der Waals surface area contributed by atoms with Crippen LogP contribution < -0.4 is 10.9 Å². The van der Waals surface area contributed by atoms with E-state index in [-0.39, 0.29) is 17.0 Å². The number of aryl methyl sites for hydroxylation is 1. The summed E-state index contributed by atoms with van der Waals surface area (Å²) in [5.41, 5.74) is 0.738. The van der Waals surface area contributed by atoms with Crippen LogP contribution in [0, 0.1) is 0 Å². The Labute approximate surface area is 107 Å². The number of aromatic nitrogens is 1. The van der Waals surface area contributed by atoms with Gasteiger partial charge in [-0.1, -0.05) is 19.3 Å². The number of carbonyl (C=O) groups is 1. The highest BCUT2D eigenvalue weighted by atomic mass is 16.1. The second-order valence-corrected chi connectivity index (χ2v) is 5.19. The maximum atomic E-state index is 11.5. The molecule has 0 unspecified atom stereocenters. The largest absolute Gasteiger partial charge is 0.347 e. The van der Waals surface area contributed by atoms with Crippen LogP contribution in [0.4, 0.5) is 0 Å². The lowest BCUT2D eigenvalue weighted by atomic mass is 9.77. The zero-order valence-electron chi connectivity index (χ0n) is 11.0. The fraction of sp³-hybridized carbons (Fsp3) is 0.571. The SMILES string of the molecule is CC(=O)NC1(c2ccc(=O)n(C)c2)CCCCC1. The van der Waals surface area contributed by atoms with E-state index in [0.29, 0.717) is 0 Å². The minimum atomic E-state index is -0.282. The summed E-state index contributed by atoms with van der Waals surface area (Å²) in [6.45, 7) is 1.55. The first-order valence-corrected chi connectivity index (χ1v) is 6.49. The Hall–Kier alpha value is -1.58. The number of hydrogen-bond acceptors (Lipinski definition) is 2. The molecule has 0 bridgehead atoms. The smallest absolute Gasteiger partial charge is 0.250 e. The first-order chi connectivity index (χ1) is 8.53. The van der Waals surface area contributed by atoms with E-state index in [9.17, 15) is 9.59 Å². The molecule has 98 valence electrons. The molecule has 1 amide bonds. The standard InChI is InChI=1S/C14H20N2O2/c1-11(17)15-14(8-4-3-5-9-14)12-6-7-13(18)16(2)10-12/h6-7,10H,3-5,8-9H2,1-2H3,(H,15,17). The third kappa shape index (κ3) is 2.47. The minimum Gasteiger partial charge on any atom is -0.347 e. The first-order valence-electron chi connectivity index (χ1n) is 6.49. The fourth-order valence-corrected chi connectivity index (χ4v) is 2.86. The van der Waals surface area contributed by atoms with Crippen LogP contribution >= 0.6 is 0 Å². The Morgan fingerprint density at radius 1 is 1.28 bits per heavy atom. The third-order valence-corrected chi connectivity index (χ3v) is 3.76. The highest BCUT2D eigenvalue weighted by molar-refractivity contribution is 5.74. The Kier molecular flexibility index (Phi) is 3.55. The molecule has 1 aromatic heterocycles. The van der Waals surface area contributed by atoms with Gasteiger partial charge in [0.2, 0.25) is 11.5 Å². The molecule has 0 saturated heterocycles. The molecule has 2 rings (SSSR count). The van der Waals surface area contributed by atoms with E-state index in [2.05, 4.69) is 5.32 Å². The van der Waals surface area contributed by atoms with E-state index >= 15 is 0 Å². The minimum absolute atomic E-state index is 0.00856. The van der Waals surface area contributed by atoms with E-state index in [1.165, 1.54) is 6.42 Å². The number of nitrogens with zero attached hydrogens (tertiary/aromatic N) is 1. The van der Waals surface area contributed by atoms with E-state index in [4.69, 9.17) is 0 Å². The first kappa shape index (κ1) is 12.9. The van der Waals surface area contributed by atoms with E-state index in [1.54, 1.807) is 24.6 Å². The van der Waals surface area contributed by atoms with Crippen LogP contribution in [0.2, 0.25) is 0 Å². The van der Waals surface area contributed by atoms with Gasteiger partial charge in [-0.2, -0.15) is 0 Å². The predicted molar refractivity (Wildman–Crippen MR) is 70.3 cm³/mol. The van der Waals surface area contributed by atoms with Crippen LogP contribution in [0.25, 0.3) is 0 Å². The van der Waals surface area contributed by atoms with Crippen LogP contribution in [0.1, 0.15) is 44.6 Å². The fourth-order valence-electron chi connectivity index (χ4n) is 2.86. The van der Waals surface area contributed by atoms with Gasteiger partial charge in [-0.05, 0) is 24.5 Å². The third-order valence-electron chi connectivity index (χ3n) is 3.76. The molecule has 1 aliphatic rings. The summed E-state index contributed by atoms with van der Waals surface area (Å²) in [5.74, 6) is -0.00856. The molecule has 4 nitrogen and oxygen atoms in total. The van der Waals surface area contributed by atoms with Crippen molar-refractivity contribution in [2.45, 2.75) is 44.6 Å². The van der Waals surface area contributed by atoms with Crippen LogP contribution in [0.15, 0.2) is 23.1 Å². The van der Waals surface area contributed by atoms with Crippen molar-refractivity contribution in [2.75, 3.05) is 0 Å². The number of rotatable bonds is 2. The molecule has 0 atom stereocenters. The lowest BCUT2D eigenvalue weighted by molar-refractivity contribution is -0.121. The Balaban J connectivity index is 2.41. The highest BCUT2D eigenvalue weighted by Crippen LogP contribution is 2.36. The Morgan fingerprint density at radius 3 is 2.50 bits per heavy atom. The van der Waals surface area contributed by atoms with Gasteiger partial charge in [0.15, 0.2) is 0 Å². The molecule has 1 aliphatic carbocycles. The average Bonchev–Trinajstić information content (AvgIpc) is 2.33. The van der Waals surface area contributed by atoms with E-state index < -0.39 is 0 Å². The topological polar surface area (TPSA) is 51.1 Å². The second kappa shape index (κ2) is 4.96. The average molecular weight is 248 g/mol.